The van der Waals surface area contributed by atoms with Crippen molar-refractivity contribution < 1.29 is 13.2 Å². The number of nitrogens with two attached hydrogens (primary N) is 1. The smallest absolute Gasteiger partial charge is 0.255 e. The molecule has 1 amide bonds. The third-order valence-electron chi connectivity index (χ3n) is 3.46. The Labute approximate surface area is 136 Å². The van der Waals surface area contributed by atoms with E-state index in [-0.39, 0.29) is 10.8 Å². The van der Waals surface area contributed by atoms with Crippen molar-refractivity contribution in [3.63, 3.8) is 0 Å². The van der Waals surface area contributed by atoms with Crippen molar-refractivity contribution in [1.29, 1.82) is 0 Å². The quantitative estimate of drug-likeness (QED) is 0.852. The van der Waals surface area contributed by atoms with Crippen LogP contribution in [0.2, 0.25) is 0 Å². The second kappa shape index (κ2) is 7.39. The van der Waals surface area contributed by atoms with Crippen molar-refractivity contribution in [2.75, 3.05) is 5.32 Å². The van der Waals surface area contributed by atoms with E-state index in [0.29, 0.717) is 11.3 Å². The van der Waals surface area contributed by atoms with Crippen LogP contribution in [-0.4, -0.2) is 14.3 Å². The van der Waals surface area contributed by atoms with Gasteiger partial charge in [-0.15, -0.1) is 0 Å². The van der Waals surface area contributed by atoms with Gasteiger partial charge >= 0.3 is 0 Å². The van der Waals surface area contributed by atoms with Crippen molar-refractivity contribution in [3.05, 3.63) is 59.7 Å². The number of amides is 1. The van der Waals surface area contributed by atoms with Crippen molar-refractivity contribution in [2.45, 2.75) is 31.1 Å². The van der Waals surface area contributed by atoms with Gasteiger partial charge < -0.3 is 5.32 Å². The molecule has 2 aromatic carbocycles. The van der Waals surface area contributed by atoms with Gasteiger partial charge in [0, 0.05) is 11.3 Å². The van der Waals surface area contributed by atoms with Gasteiger partial charge in [-0.25, -0.2) is 13.6 Å². The lowest BCUT2D eigenvalue weighted by Gasteiger charge is -2.07. The second-order valence-corrected chi connectivity index (χ2v) is 6.89. The van der Waals surface area contributed by atoms with E-state index in [1.807, 2.05) is 12.1 Å². The van der Waals surface area contributed by atoms with E-state index in [0.717, 1.165) is 19.3 Å². The predicted octanol–water partition coefficient (Wildman–Crippen LogP) is 2.93. The summed E-state index contributed by atoms with van der Waals surface area (Å²) in [4.78, 5) is 12.2. The van der Waals surface area contributed by atoms with E-state index in [2.05, 4.69) is 12.2 Å². The molecule has 2 rings (SSSR count). The van der Waals surface area contributed by atoms with Crippen LogP contribution in [0.15, 0.2) is 53.4 Å². The highest BCUT2D eigenvalue weighted by molar-refractivity contribution is 7.89. The fourth-order valence-corrected chi connectivity index (χ4v) is 2.72. The third kappa shape index (κ3) is 4.91. The van der Waals surface area contributed by atoms with Crippen molar-refractivity contribution in [1.82, 2.24) is 0 Å². The minimum atomic E-state index is -3.79. The molecule has 0 aliphatic heterocycles. The summed E-state index contributed by atoms with van der Waals surface area (Å²) in [6.45, 7) is 2.14. The number of benzene rings is 2. The number of nitrogens with one attached hydrogen (secondary N) is 1. The Bertz CT molecular complexity index is 784. The molecule has 0 fully saturated rings. The zero-order valence-corrected chi connectivity index (χ0v) is 13.8. The first-order valence-corrected chi connectivity index (χ1v) is 8.98. The molecule has 0 heterocycles. The molecule has 6 heteroatoms. The van der Waals surface area contributed by atoms with Crippen molar-refractivity contribution >= 4 is 21.6 Å². The molecule has 23 heavy (non-hydrogen) atoms. The summed E-state index contributed by atoms with van der Waals surface area (Å²) in [6.07, 6.45) is 3.24. The molecular weight excluding hydrogens is 312 g/mol. The van der Waals surface area contributed by atoms with E-state index in [1.54, 1.807) is 18.2 Å². The van der Waals surface area contributed by atoms with Gasteiger partial charge in [0.25, 0.3) is 5.91 Å². The number of hydrogen-bond donors (Lipinski definition) is 2. The first-order valence-electron chi connectivity index (χ1n) is 7.43. The van der Waals surface area contributed by atoms with Crippen LogP contribution in [0.25, 0.3) is 0 Å². The molecule has 0 saturated carbocycles. The largest absolute Gasteiger partial charge is 0.322 e. The van der Waals surface area contributed by atoms with Crippen LogP contribution in [0.5, 0.6) is 0 Å². The number of rotatable bonds is 6. The van der Waals surface area contributed by atoms with Gasteiger partial charge in [0.1, 0.15) is 0 Å². The van der Waals surface area contributed by atoms with Crippen molar-refractivity contribution in [2.24, 2.45) is 5.14 Å². The average molecular weight is 332 g/mol. The van der Waals surface area contributed by atoms with Crippen molar-refractivity contribution in [3.8, 4) is 0 Å². The third-order valence-corrected chi connectivity index (χ3v) is 4.37. The summed E-state index contributed by atoms with van der Waals surface area (Å²) in [7, 11) is -3.79. The van der Waals surface area contributed by atoms with Gasteiger partial charge in [0.05, 0.1) is 4.90 Å². The summed E-state index contributed by atoms with van der Waals surface area (Å²) in [6, 6.07) is 13.3. The number of sulfonamides is 1. The zero-order chi connectivity index (χ0) is 16.9. The lowest BCUT2D eigenvalue weighted by molar-refractivity contribution is 0.102. The van der Waals surface area contributed by atoms with E-state index in [4.69, 9.17) is 5.14 Å². The fraction of sp³-hybridized carbons (Fsp3) is 0.235. The first kappa shape index (κ1) is 17.2. The van der Waals surface area contributed by atoms with Gasteiger partial charge in [-0.2, -0.15) is 0 Å². The maximum atomic E-state index is 12.2. The predicted molar refractivity (Wildman–Crippen MR) is 90.8 cm³/mol. The van der Waals surface area contributed by atoms with Gasteiger partial charge in [-0.05, 0) is 48.7 Å². The van der Waals surface area contributed by atoms with Crippen LogP contribution in [0.3, 0.4) is 0 Å². The molecule has 0 bridgehead atoms. The Kier molecular flexibility index (Phi) is 5.52. The Hall–Kier alpha value is -2.18. The summed E-state index contributed by atoms with van der Waals surface area (Å²) in [5.74, 6) is -0.293. The Morgan fingerprint density at radius 2 is 1.83 bits per heavy atom. The molecule has 0 aliphatic rings. The van der Waals surface area contributed by atoms with Gasteiger partial charge in [0.15, 0.2) is 0 Å². The molecule has 5 nitrogen and oxygen atoms in total. The number of unbranched alkanes of at least 4 members (excludes halogenated alkanes) is 1. The minimum absolute atomic E-state index is 0.0368. The number of hydrogen-bond acceptors (Lipinski definition) is 3. The number of anilines is 1. The molecule has 122 valence electrons. The Morgan fingerprint density at radius 1 is 1.13 bits per heavy atom. The molecular formula is C17H20N2O3S. The summed E-state index contributed by atoms with van der Waals surface area (Å²) < 4.78 is 22.7. The summed E-state index contributed by atoms with van der Waals surface area (Å²) in [5.41, 5.74) is 2.10. The SMILES string of the molecule is CCCCc1ccc(C(=O)Nc2cccc(S(N)(=O)=O)c2)cc1. The fourth-order valence-electron chi connectivity index (χ4n) is 2.16. The van der Waals surface area contributed by atoms with Crippen LogP contribution < -0.4 is 10.5 Å². The molecule has 0 atom stereocenters. The standard InChI is InChI=1S/C17H20N2O3S/c1-2-3-5-13-8-10-14(11-9-13)17(20)19-15-6-4-7-16(12-15)23(18,21)22/h4,6-12H,2-3,5H2,1H3,(H,19,20)(H2,18,21,22). The first-order chi connectivity index (χ1) is 10.9. The molecule has 0 aliphatic carbocycles. The minimum Gasteiger partial charge on any atom is -0.322 e. The topological polar surface area (TPSA) is 89.3 Å². The monoisotopic (exact) mass is 332 g/mol. The maximum absolute atomic E-state index is 12.2. The van der Waals surface area contributed by atoms with Gasteiger partial charge in [-0.3, -0.25) is 4.79 Å². The Balaban J connectivity index is 2.10. The normalized spacial score (nSPS) is 11.2. The van der Waals surface area contributed by atoms with Crippen LogP contribution in [0.1, 0.15) is 35.7 Å². The van der Waals surface area contributed by atoms with E-state index in [9.17, 15) is 13.2 Å². The van der Waals surface area contributed by atoms with Crippen LogP contribution in [0, 0.1) is 0 Å². The van der Waals surface area contributed by atoms with E-state index >= 15 is 0 Å². The zero-order valence-electron chi connectivity index (χ0n) is 13.0. The van der Waals surface area contributed by atoms with E-state index < -0.39 is 10.0 Å². The number of aryl methyl sites for hydroxylation is 1. The van der Waals surface area contributed by atoms with Crippen LogP contribution in [-0.2, 0) is 16.4 Å². The van der Waals surface area contributed by atoms with Gasteiger partial charge in [-0.1, -0.05) is 31.5 Å². The molecule has 3 N–H and O–H groups in total. The summed E-state index contributed by atoms with van der Waals surface area (Å²) >= 11 is 0. The molecule has 0 saturated heterocycles. The molecule has 2 aromatic rings. The van der Waals surface area contributed by atoms with E-state index in [1.165, 1.54) is 23.8 Å². The highest BCUT2D eigenvalue weighted by Gasteiger charge is 2.10. The number of carbonyl (C=O) groups is 1. The number of carbonyl (C=O) groups excluding carboxylic acids is 1. The average Bonchev–Trinajstić information content (AvgIpc) is 2.53. The number of primary sulfonamides is 1. The van der Waals surface area contributed by atoms with Crippen LogP contribution >= 0.6 is 0 Å². The lowest BCUT2D eigenvalue weighted by atomic mass is 10.1. The highest BCUT2D eigenvalue weighted by Crippen LogP contribution is 2.16. The molecule has 0 unspecified atom stereocenters. The van der Waals surface area contributed by atoms with Gasteiger partial charge in [0.2, 0.25) is 10.0 Å². The molecule has 0 aromatic heterocycles. The lowest BCUT2D eigenvalue weighted by Crippen LogP contribution is -2.14. The molecule has 0 radical (unpaired) electrons. The summed E-state index contributed by atoms with van der Waals surface area (Å²) in [5, 5.41) is 7.76. The highest BCUT2D eigenvalue weighted by atomic mass is 32.2. The maximum Gasteiger partial charge on any atom is 0.255 e. The van der Waals surface area contributed by atoms with Crippen LogP contribution in [0.4, 0.5) is 5.69 Å². The molecule has 0 spiro atoms. The Morgan fingerprint density at radius 3 is 2.43 bits per heavy atom. The second-order valence-electron chi connectivity index (χ2n) is 5.33.